The second kappa shape index (κ2) is 19.0. The van der Waals surface area contributed by atoms with Crippen molar-refractivity contribution < 1.29 is 29.3 Å². The van der Waals surface area contributed by atoms with Gasteiger partial charge >= 0.3 is 7.60 Å². The molecule has 1 aliphatic heterocycles. The molecule has 0 radical (unpaired) electrons. The molecule has 4 aliphatic carbocycles. The predicted octanol–water partition coefficient (Wildman–Crippen LogP) is 11.6. The summed E-state index contributed by atoms with van der Waals surface area (Å²) in [5.41, 5.74) is 0.673. The van der Waals surface area contributed by atoms with Crippen molar-refractivity contribution in [1.29, 1.82) is 0 Å². The van der Waals surface area contributed by atoms with Gasteiger partial charge in [-0.15, -0.1) is 0 Å². The molecule has 1 saturated heterocycles. The largest absolute Gasteiger partial charge is 0.390 e. The van der Waals surface area contributed by atoms with Gasteiger partial charge in [-0.2, -0.15) is 0 Å². The van der Waals surface area contributed by atoms with Gasteiger partial charge in [0.1, 0.15) is 6.10 Å². The maximum atomic E-state index is 14.0. The summed E-state index contributed by atoms with van der Waals surface area (Å²) in [6.45, 7) is 12.9. The fourth-order valence-corrected chi connectivity index (χ4v) is 15.6. The number of rotatable bonds is 21. The lowest BCUT2D eigenvalue weighted by atomic mass is 9.43. The molecule has 13 atom stereocenters. The van der Waals surface area contributed by atoms with Gasteiger partial charge in [-0.25, -0.2) is 0 Å². The van der Waals surface area contributed by atoms with E-state index in [1.807, 2.05) is 0 Å². The van der Waals surface area contributed by atoms with Crippen LogP contribution in [0.4, 0.5) is 0 Å². The molecule has 0 aromatic rings. The first-order valence-electron chi connectivity index (χ1n) is 22.9. The first-order valence-corrected chi connectivity index (χ1v) is 24.5. The Bertz CT molecular complexity index is 1130. The number of unbranched alkanes of at least 4 members (excludes halogenated alkanes) is 9. The van der Waals surface area contributed by atoms with Crippen LogP contribution in [-0.4, -0.2) is 50.1 Å². The number of aliphatic hydroxyl groups excluding tert-OH is 2. The molecule has 7 unspecified atom stereocenters. The van der Waals surface area contributed by atoms with E-state index < -0.39 is 31.1 Å². The van der Waals surface area contributed by atoms with Crippen molar-refractivity contribution in [2.75, 3.05) is 6.61 Å². The molecule has 52 heavy (non-hydrogen) atoms. The molecule has 1 heterocycles. The normalized spacial score (nSPS) is 39.4. The monoisotopic (exact) mass is 751 g/mol. The van der Waals surface area contributed by atoms with Crippen LogP contribution in [0, 0.1) is 52.3 Å². The molecule has 304 valence electrons. The number of hydrogen-bond acceptors (Lipinski definition) is 4. The zero-order valence-corrected chi connectivity index (χ0v) is 35.3. The quantitative estimate of drug-likeness (QED) is 0.0687. The Morgan fingerprint density at radius 3 is 1.98 bits per heavy atom. The fraction of sp³-hybridized carbons (Fsp3) is 1.00. The van der Waals surface area contributed by atoms with E-state index in [4.69, 9.17) is 4.74 Å². The van der Waals surface area contributed by atoms with E-state index >= 15 is 0 Å². The van der Waals surface area contributed by atoms with Gasteiger partial charge in [0, 0.05) is 6.61 Å². The second-order valence-corrected chi connectivity index (χ2v) is 21.8. The molecule has 5 rings (SSSR count). The summed E-state index contributed by atoms with van der Waals surface area (Å²) in [5.74, 6) is 4.47. The van der Waals surface area contributed by atoms with Crippen molar-refractivity contribution in [3.05, 3.63) is 0 Å². The third-order valence-electron chi connectivity index (χ3n) is 17.0. The lowest BCUT2D eigenvalue weighted by Gasteiger charge is -2.63. The summed E-state index contributed by atoms with van der Waals surface area (Å²) in [5, 5.41) is 19.9. The fourth-order valence-electron chi connectivity index (χ4n) is 14.0. The van der Waals surface area contributed by atoms with Crippen molar-refractivity contribution in [2.24, 2.45) is 52.3 Å². The van der Waals surface area contributed by atoms with E-state index in [2.05, 4.69) is 34.6 Å². The number of ether oxygens (including phenoxy) is 1. The summed E-state index contributed by atoms with van der Waals surface area (Å²) in [4.78, 5) is 22.9. The first kappa shape index (κ1) is 43.2. The highest BCUT2D eigenvalue weighted by Crippen LogP contribution is 2.73. The standard InChI is InChI=1S/C45H83O6P/c1-6-8-9-10-11-12-13-15-19-34(20-16-14-17-21-40(46)42-41(47)27-31-51-42)45(52(48,49)50)30-29-43(4)35(32-45)22-23-36-38-25-24-37(33(3)18-7-2)44(38,5)28-26-39(36)43/h33-42,46-47H,6-32H2,1-5H3,(H2,48,49,50)/t33-,34?,35?,36?,37-,38?,39?,40?,41+,42-,43+,44-,45?/m1/s1. The number of hydrogen-bond donors (Lipinski definition) is 4. The molecule has 0 aromatic carbocycles. The summed E-state index contributed by atoms with van der Waals surface area (Å²) in [6, 6.07) is 0. The van der Waals surface area contributed by atoms with Gasteiger partial charge in [0.05, 0.1) is 17.4 Å². The minimum absolute atomic E-state index is 0.0471. The summed E-state index contributed by atoms with van der Waals surface area (Å²) >= 11 is 0. The third kappa shape index (κ3) is 9.25. The van der Waals surface area contributed by atoms with Crippen LogP contribution >= 0.6 is 7.60 Å². The molecule has 0 bridgehead atoms. The minimum atomic E-state index is -4.36. The summed E-state index contributed by atoms with van der Waals surface area (Å²) in [7, 11) is -4.36. The van der Waals surface area contributed by atoms with E-state index in [9.17, 15) is 24.6 Å². The van der Waals surface area contributed by atoms with Gasteiger partial charge in [-0.3, -0.25) is 4.57 Å². The van der Waals surface area contributed by atoms with Crippen LogP contribution in [0.25, 0.3) is 0 Å². The first-order chi connectivity index (χ1) is 24.8. The van der Waals surface area contributed by atoms with Crippen LogP contribution in [0.2, 0.25) is 0 Å². The van der Waals surface area contributed by atoms with Crippen molar-refractivity contribution in [1.82, 2.24) is 0 Å². The van der Waals surface area contributed by atoms with Crippen molar-refractivity contribution >= 4 is 7.60 Å². The molecule has 5 aliphatic rings. The van der Waals surface area contributed by atoms with E-state index in [1.54, 1.807) is 0 Å². The van der Waals surface area contributed by atoms with Crippen molar-refractivity contribution in [3.8, 4) is 0 Å². The molecule has 4 N–H and O–H groups in total. The second-order valence-electron chi connectivity index (χ2n) is 19.9. The van der Waals surface area contributed by atoms with Gasteiger partial charge in [0.15, 0.2) is 0 Å². The molecule has 0 aromatic heterocycles. The van der Waals surface area contributed by atoms with Gasteiger partial charge in [0.2, 0.25) is 0 Å². The lowest BCUT2D eigenvalue weighted by Crippen LogP contribution is -2.57. The van der Waals surface area contributed by atoms with Crippen LogP contribution in [0.15, 0.2) is 0 Å². The molecule has 4 saturated carbocycles. The molecular weight excluding hydrogens is 667 g/mol. The van der Waals surface area contributed by atoms with E-state index in [0.717, 1.165) is 75.0 Å². The Labute approximate surface area is 320 Å². The van der Waals surface area contributed by atoms with Crippen LogP contribution in [0.5, 0.6) is 0 Å². The van der Waals surface area contributed by atoms with Crippen LogP contribution in [0.1, 0.15) is 202 Å². The highest BCUT2D eigenvalue weighted by Gasteiger charge is 2.64. The molecule has 0 amide bonds. The van der Waals surface area contributed by atoms with E-state index in [0.29, 0.717) is 49.5 Å². The van der Waals surface area contributed by atoms with Crippen molar-refractivity contribution in [3.63, 3.8) is 0 Å². The van der Waals surface area contributed by atoms with Gasteiger partial charge in [-0.1, -0.05) is 118 Å². The highest BCUT2D eigenvalue weighted by molar-refractivity contribution is 7.53. The predicted molar refractivity (Wildman–Crippen MR) is 214 cm³/mol. The summed E-state index contributed by atoms with van der Waals surface area (Å²) in [6.07, 6.45) is 26.9. The van der Waals surface area contributed by atoms with Gasteiger partial charge in [-0.05, 0) is 136 Å². The average Bonchev–Trinajstić information content (AvgIpc) is 3.70. The maximum absolute atomic E-state index is 14.0. The number of aliphatic hydroxyl groups is 2. The SMILES string of the molecule is CCCCCCCCCCC(CCCCCC(O)[C@H]1OCC[C@@H]1O)C1(P(=O)(O)O)CC[C@@]2(C)C(CCC3C2CC[C@@]2(C)C3CC[C@@H]2[C@H](C)CCC)C1. The molecule has 7 heteroatoms. The number of fused-ring (bicyclic) bond motifs is 5. The Balaban J connectivity index is 1.26. The Morgan fingerprint density at radius 2 is 1.35 bits per heavy atom. The van der Waals surface area contributed by atoms with Crippen LogP contribution in [-0.2, 0) is 9.30 Å². The molecular formula is C45H83O6P. The minimum Gasteiger partial charge on any atom is -0.390 e. The molecule has 0 spiro atoms. The van der Waals surface area contributed by atoms with Gasteiger partial charge in [0.25, 0.3) is 0 Å². The van der Waals surface area contributed by atoms with Crippen LogP contribution < -0.4 is 0 Å². The highest BCUT2D eigenvalue weighted by atomic mass is 31.2. The van der Waals surface area contributed by atoms with E-state index in [-0.39, 0.29) is 11.3 Å². The summed E-state index contributed by atoms with van der Waals surface area (Å²) < 4.78 is 19.6. The lowest BCUT2D eigenvalue weighted by molar-refractivity contribution is -0.123. The van der Waals surface area contributed by atoms with Gasteiger partial charge < -0.3 is 24.7 Å². The zero-order valence-electron chi connectivity index (χ0n) is 34.4. The average molecular weight is 751 g/mol. The van der Waals surface area contributed by atoms with Crippen molar-refractivity contribution in [2.45, 2.75) is 225 Å². The van der Waals surface area contributed by atoms with Crippen LogP contribution in [0.3, 0.4) is 0 Å². The maximum Gasteiger partial charge on any atom is 0.331 e. The Hall–Kier alpha value is 0.0300. The smallest absolute Gasteiger partial charge is 0.331 e. The molecule has 5 fully saturated rings. The molecule has 6 nitrogen and oxygen atoms in total. The topological polar surface area (TPSA) is 107 Å². The Morgan fingerprint density at radius 1 is 0.712 bits per heavy atom. The van der Waals surface area contributed by atoms with E-state index in [1.165, 1.54) is 89.9 Å². The Kier molecular flexibility index (Phi) is 15.8. The zero-order chi connectivity index (χ0) is 37.6. The third-order valence-corrected chi connectivity index (χ3v) is 19.0.